The Bertz CT molecular complexity index is 855. The summed E-state index contributed by atoms with van der Waals surface area (Å²) in [5, 5.41) is 3.30. The third-order valence-electron chi connectivity index (χ3n) is 5.72. The van der Waals surface area contributed by atoms with E-state index in [-0.39, 0.29) is 7.33 Å². The Morgan fingerprint density at radius 1 is 1.21 bits per heavy atom. The van der Waals surface area contributed by atoms with E-state index in [0.717, 1.165) is 6.54 Å². The zero-order valence-corrected chi connectivity index (χ0v) is 16.6. The summed E-state index contributed by atoms with van der Waals surface area (Å²) in [6.07, 6.45) is 7.78. The smallest absolute Gasteiger partial charge is 0.257 e. The standard InChI is InChI=1S/C22H27FN4O2.H2/c23-19-9-5-4-8-17(19)20-18(21(28)27-10-12-29-13-11-27)15-25-22(26-20)24-14-16-6-2-1-3-7-16;/h4-5,8-9,15-16H,1-3,6-7,10-14H2,(H,24,25,26);1H. The minimum Gasteiger partial charge on any atom is -0.378 e. The number of halogens is 1. The van der Waals surface area contributed by atoms with Crippen LogP contribution in [0.1, 0.15) is 43.9 Å². The van der Waals surface area contributed by atoms with Crippen LogP contribution in [0.5, 0.6) is 0 Å². The molecule has 2 aromatic rings. The summed E-state index contributed by atoms with van der Waals surface area (Å²) in [7, 11) is 0. The summed E-state index contributed by atoms with van der Waals surface area (Å²) in [5.41, 5.74) is 0.966. The lowest BCUT2D eigenvalue weighted by Crippen LogP contribution is -2.41. The van der Waals surface area contributed by atoms with Crippen molar-refractivity contribution in [2.45, 2.75) is 32.1 Å². The summed E-state index contributed by atoms with van der Waals surface area (Å²) >= 11 is 0. The second kappa shape index (κ2) is 9.31. The highest BCUT2D eigenvalue weighted by molar-refractivity contribution is 6.00. The van der Waals surface area contributed by atoms with Crippen LogP contribution in [0.15, 0.2) is 30.5 Å². The molecule has 1 aliphatic heterocycles. The second-order valence-electron chi connectivity index (χ2n) is 7.73. The molecule has 1 aromatic heterocycles. The monoisotopic (exact) mass is 400 g/mol. The van der Waals surface area contributed by atoms with Crippen LogP contribution in [0, 0.1) is 11.7 Å². The van der Waals surface area contributed by atoms with E-state index in [1.54, 1.807) is 23.1 Å². The highest BCUT2D eigenvalue weighted by atomic mass is 19.1. The van der Waals surface area contributed by atoms with Gasteiger partial charge in [-0.1, -0.05) is 31.4 Å². The van der Waals surface area contributed by atoms with Crippen molar-refractivity contribution in [3.05, 3.63) is 41.8 Å². The van der Waals surface area contributed by atoms with Crippen LogP contribution in [0.4, 0.5) is 10.3 Å². The minimum absolute atomic E-state index is 0. The van der Waals surface area contributed by atoms with Crippen LogP contribution in [-0.2, 0) is 4.74 Å². The van der Waals surface area contributed by atoms with Gasteiger partial charge < -0.3 is 15.0 Å². The molecule has 1 N–H and O–H groups in total. The van der Waals surface area contributed by atoms with Crippen molar-refractivity contribution in [3.63, 3.8) is 0 Å². The molecule has 156 valence electrons. The van der Waals surface area contributed by atoms with Gasteiger partial charge in [0.25, 0.3) is 5.91 Å². The molecule has 1 aromatic carbocycles. The quantitative estimate of drug-likeness (QED) is 0.822. The maximum Gasteiger partial charge on any atom is 0.257 e. The fourth-order valence-corrected chi connectivity index (χ4v) is 4.05. The van der Waals surface area contributed by atoms with Gasteiger partial charge in [-0.25, -0.2) is 14.4 Å². The summed E-state index contributed by atoms with van der Waals surface area (Å²) in [5.74, 6) is 0.456. The van der Waals surface area contributed by atoms with Crippen molar-refractivity contribution >= 4 is 11.9 Å². The Morgan fingerprint density at radius 2 is 1.97 bits per heavy atom. The van der Waals surface area contributed by atoms with E-state index < -0.39 is 5.82 Å². The van der Waals surface area contributed by atoms with E-state index in [1.165, 1.54) is 44.4 Å². The predicted molar refractivity (Wildman–Crippen MR) is 111 cm³/mol. The fourth-order valence-electron chi connectivity index (χ4n) is 4.05. The number of aromatic nitrogens is 2. The van der Waals surface area contributed by atoms with Crippen molar-refractivity contribution in [3.8, 4) is 11.3 Å². The Kier molecular flexibility index (Phi) is 6.34. The molecular weight excluding hydrogens is 371 g/mol. The Morgan fingerprint density at radius 3 is 2.72 bits per heavy atom. The minimum atomic E-state index is -0.402. The number of hydrogen-bond donors (Lipinski definition) is 1. The van der Waals surface area contributed by atoms with E-state index in [4.69, 9.17) is 4.74 Å². The van der Waals surface area contributed by atoms with Gasteiger partial charge in [-0.3, -0.25) is 4.79 Å². The lowest BCUT2D eigenvalue weighted by molar-refractivity contribution is 0.0303. The maximum atomic E-state index is 14.5. The molecule has 1 amide bonds. The normalized spacial score (nSPS) is 17.9. The second-order valence-corrected chi connectivity index (χ2v) is 7.73. The number of benzene rings is 1. The van der Waals surface area contributed by atoms with Gasteiger partial charge in [-0.2, -0.15) is 0 Å². The zero-order chi connectivity index (χ0) is 20.1. The van der Waals surface area contributed by atoms with E-state index in [2.05, 4.69) is 15.3 Å². The van der Waals surface area contributed by atoms with Gasteiger partial charge in [-0.15, -0.1) is 0 Å². The molecule has 7 heteroatoms. The average Bonchev–Trinajstić information content (AvgIpc) is 2.79. The molecule has 0 radical (unpaired) electrons. The molecule has 4 rings (SSSR count). The van der Waals surface area contributed by atoms with E-state index in [1.807, 2.05) is 0 Å². The van der Waals surface area contributed by atoms with Crippen LogP contribution in [-0.4, -0.2) is 53.6 Å². The first kappa shape index (κ1) is 19.8. The molecule has 2 aliphatic rings. The molecule has 2 fully saturated rings. The molecule has 0 spiro atoms. The van der Waals surface area contributed by atoms with Crippen LogP contribution in [0.25, 0.3) is 11.3 Å². The van der Waals surface area contributed by atoms with Gasteiger partial charge >= 0.3 is 0 Å². The number of nitrogens with zero attached hydrogens (tertiary/aromatic N) is 3. The van der Waals surface area contributed by atoms with E-state index in [9.17, 15) is 9.18 Å². The number of amides is 1. The molecule has 1 saturated carbocycles. The summed E-state index contributed by atoms with van der Waals surface area (Å²) in [4.78, 5) is 23.7. The third-order valence-corrected chi connectivity index (χ3v) is 5.72. The molecule has 0 unspecified atom stereocenters. The predicted octanol–water partition coefficient (Wildman–Crippen LogP) is 3.99. The van der Waals surface area contributed by atoms with Crippen molar-refractivity contribution in [2.75, 3.05) is 38.2 Å². The molecular formula is C22H29FN4O2. The molecule has 2 heterocycles. The molecule has 1 saturated heterocycles. The van der Waals surface area contributed by atoms with Gasteiger partial charge in [0.2, 0.25) is 5.95 Å². The van der Waals surface area contributed by atoms with Gasteiger partial charge in [0.05, 0.1) is 24.5 Å². The number of ether oxygens (including phenoxy) is 1. The van der Waals surface area contributed by atoms with Gasteiger partial charge in [0.15, 0.2) is 0 Å². The van der Waals surface area contributed by atoms with Crippen molar-refractivity contribution < 1.29 is 15.3 Å². The topological polar surface area (TPSA) is 67.4 Å². The zero-order valence-electron chi connectivity index (χ0n) is 16.6. The largest absolute Gasteiger partial charge is 0.378 e. The Hall–Kier alpha value is -2.54. The molecule has 0 bridgehead atoms. The van der Waals surface area contributed by atoms with E-state index >= 15 is 0 Å². The van der Waals surface area contributed by atoms with Crippen LogP contribution >= 0.6 is 0 Å². The molecule has 29 heavy (non-hydrogen) atoms. The summed E-state index contributed by atoms with van der Waals surface area (Å²) in [6, 6.07) is 6.42. The lowest BCUT2D eigenvalue weighted by Gasteiger charge is -2.27. The molecule has 0 atom stereocenters. The van der Waals surface area contributed by atoms with Crippen molar-refractivity contribution in [1.29, 1.82) is 0 Å². The Labute approximate surface area is 172 Å². The van der Waals surface area contributed by atoms with Gasteiger partial charge in [-0.05, 0) is 30.9 Å². The number of rotatable bonds is 5. The van der Waals surface area contributed by atoms with Crippen LogP contribution in [0.3, 0.4) is 0 Å². The number of carbonyl (C=O) groups excluding carboxylic acids is 1. The average molecular weight is 400 g/mol. The Balaban J connectivity index is 0.00000256. The number of carbonyl (C=O) groups is 1. The highest BCUT2D eigenvalue weighted by Crippen LogP contribution is 2.27. The van der Waals surface area contributed by atoms with Gasteiger partial charge in [0, 0.05) is 32.8 Å². The maximum absolute atomic E-state index is 14.5. The fraction of sp³-hybridized carbons (Fsp3) is 0.500. The molecule has 1 aliphatic carbocycles. The highest BCUT2D eigenvalue weighted by Gasteiger charge is 2.25. The van der Waals surface area contributed by atoms with Crippen LogP contribution < -0.4 is 5.32 Å². The first-order chi connectivity index (χ1) is 14.2. The molecule has 6 nitrogen and oxygen atoms in total. The number of anilines is 1. The SMILES string of the molecule is O=C(c1cnc(NCC2CCCCC2)nc1-c1ccccc1F)N1CCOCC1.[HH]. The van der Waals surface area contributed by atoms with Crippen LogP contribution in [0.2, 0.25) is 0 Å². The first-order valence-electron chi connectivity index (χ1n) is 10.4. The lowest BCUT2D eigenvalue weighted by atomic mass is 9.89. The van der Waals surface area contributed by atoms with E-state index in [0.29, 0.717) is 55.0 Å². The van der Waals surface area contributed by atoms with Crippen molar-refractivity contribution in [2.24, 2.45) is 5.92 Å². The number of nitrogens with one attached hydrogen (secondary N) is 1. The van der Waals surface area contributed by atoms with Gasteiger partial charge in [0.1, 0.15) is 5.82 Å². The number of morpholine rings is 1. The third kappa shape index (κ3) is 4.72. The summed E-state index contributed by atoms with van der Waals surface area (Å²) < 4.78 is 19.9. The van der Waals surface area contributed by atoms with Crippen molar-refractivity contribution in [1.82, 2.24) is 14.9 Å². The number of hydrogen-bond acceptors (Lipinski definition) is 5. The first-order valence-corrected chi connectivity index (χ1v) is 10.4. The summed E-state index contributed by atoms with van der Waals surface area (Å²) in [6.45, 7) is 2.83.